The molecule has 172 valence electrons. The summed E-state index contributed by atoms with van der Waals surface area (Å²) < 4.78 is 19.3. The molecule has 3 aliphatic rings. The molecule has 1 amide bonds. The topological polar surface area (TPSA) is 41.6 Å². The van der Waals surface area contributed by atoms with Crippen LogP contribution in [0.25, 0.3) is 0 Å². The molecule has 0 bridgehead atoms. The van der Waals surface area contributed by atoms with E-state index in [1.165, 1.54) is 37.8 Å². The molecule has 0 aromatic heterocycles. The van der Waals surface area contributed by atoms with E-state index in [0.29, 0.717) is 23.6 Å². The van der Waals surface area contributed by atoms with Crippen molar-refractivity contribution in [1.29, 1.82) is 0 Å². The molecule has 4 nitrogen and oxygen atoms in total. The minimum absolute atomic E-state index is 0.0615. The molecule has 7 heteroatoms. The summed E-state index contributed by atoms with van der Waals surface area (Å²) in [7, 11) is 0. The molecule has 2 saturated carbocycles. The third-order valence-corrected chi connectivity index (χ3v) is 7.87. The van der Waals surface area contributed by atoms with Crippen LogP contribution in [0.1, 0.15) is 64.2 Å². The van der Waals surface area contributed by atoms with Gasteiger partial charge in [-0.15, -0.1) is 0 Å². The van der Waals surface area contributed by atoms with Crippen molar-refractivity contribution >= 4 is 29.1 Å². The average Bonchev–Trinajstić information content (AvgIpc) is 2.70. The van der Waals surface area contributed by atoms with E-state index in [2.05, 4.69) is 10.2 Å². The van der Waals surface area contributed by atoms with Crippen molar-refractivity contribution in [3.63, 3.8) is 0 Å². The number of amides is 1. The van der Waals surface area contributed by atoms with E-state index in [1.54, 1.807) is 0 Å². The Hall–Kier alpha value is -1.04. The molecule has 0 atom stereocenters. The van der Waals surface area contributed by atoms with Crippen molar-refractivity contribution in [3.8, 4) is 5.75 Å². The zero-order chi connectivity index (χ0) is 21.8. The van der Waals surface area contributed by atoms with E-state index in [4.69, 9.17) is 27.9 Å². The second-order valence-corrected chi connectivity index (χ2v) is 10.3. The minimum atomic E-state index is -0.452. The Morgan fingerprint density at radius 2 is 1.68 bits per heavy atom. The summed E-state index contributed by atoms with van der Waals surface area (Å²) in [5, 5.41) is 3.74. The smallest absolute Gasteiger partial charge is 0.223 e. The third-order valence-electron chi connectivity index (χ3n) is 7.30. The summed E-state index contributed by atoms with van der Waals surface area (Å²) in [5.74, 6) is 1.29. The van der Waals surface area contributed by atoms with E-state index in [9.17, 15) is 9.18 Å². The summed E-state index contributed by atoms with van der Waals surface area (Å²) in [6.07, 6.45) is 11.2. The molecular weight excluding hydrogens is 438 g/mol. The summed E-state index contributed by atoms with van der Waals surface area (Å²) in [5.41, 5.74) is 0. The van der Waals surface area contributed by atoms with Crippen LogP contribution in [0.5, 0.6) is 5.75 Å². The van der Waals surface area contributed by atoms with Crippen molar-refractivity contribution in [2.24, 2.45) is 11.8 Å². The van der Waals surface area contributed by atoms with Crippen molar-refractivity contribution in [3.05, 3.63) is 28.0 Å². The first-order chi connectivity index (χ1) is 15.0. The number of halogens is 3. The standard InChI is InChI=1S/C24H33Cl2FN2O2/c25-21-14-18(27)15-22(26)23(21)31-20-9-12-29(13-10-20)11-8-16-4-6-19(7-5-16)28-24(30)17-2-1-3-17/h14-17,19-20H,1-13H2,(H,28,30)/t16-,19-. The van der Waals surface area contributed by atoms with E-state index in [1.807, 2.05) is 0 Å². The zero-order valence-electron chi connectivity index (χ0n) is 18.1. The fourth-order valence-electron chi connectivity index (χ4n) is 5.01. The molecule has 3 fully saturated rings. The molecule has 1 N–H and O–H groups in total. The predicted molar refractivity (Wildman–Crippen MR) is 122 cm³/mol. The number of piperidine rings is 1. The van der Waals surface area contributed by atoms with Crippen LogP contribution in [0.15, 0.2) is 12.1 Å². The molecule has 1 aliphatic heterocycles. The predicted octanol–water partition coefficient (Wildman–Crippen LogP) is 5.84. The van der Waals surface area contributed by atoms with Crippen LogP contribution in [0, 0.1) is 17.7 Å². The van der Waals surface area contributed by atoms with Gasteiger partial charge in [-0.1, -0.05) is 29.6 Å². The molecular formula is C24H33Cl2FN2O2. The van der Waals surface area contributed by atoms with Gasteiger partial charge in [-0.3, -0.25) is 4.79 Å². The summed E-state index contributed by atoms with van der Waals surface area (Å²) >= 11 is 12.2. The van der Waals surface area contributed by atoms with E-state index >= 15 is 0 Å². The molecule has 4 rings (SSSR count). The summed E-state index contributed by atoms with van der Waals surface area (Å²) in [6, 6.07) is 2.87. The number of nitrogens with zero attached hydrogens (tertiary/aromatic N) is 1. The highest BCUT2D eigenvalue weighted by molar-refractivity contribution is 6.37. The van der Waals surface area contributed by atoms with Crippen LogP contribution >= 0.6 is 23.2 Å². The highest BCUT2D eigenvalue weighted by Crippen LogP contribution is 2.36. The van der Waals surface area contributed by atoms with Gasteiger partial charge >= 0.3 is 0 Å². The fraction of sp³-hybridized carbons (Fsp3) is 0.708. The average molecular weight is 471 g/mol. The number of nitrogens with one attached hydrogen (secondary N) is 1. The molecule has 0 radical (unpaired) electrons. The summed E-state index contributed by atoms with van der Waals surface area (Å²) in [4.78, 5) is 14.7. The van der Waals surface area contributed by atoms with Gasteiger partial charge in [0.1, 0.15) is 11.9 Å². The maximum absolute atomic E-state index is 13.4. The Labute approximate surface area is 194 Å². The second-order valence-electron chi connectivity index (χ2n) is 9.50. The highest BCUT2D eigenvalue weighted by Gasteiger charge is 2.29. The maximum Gasteiger partial charge on any atom is 0.223 e. The van der Waals surface area contributed by atoms with E-state index in [-0.39, 0.29) is 16.1 Å². The van der Waals surface area contributed by atoms with Gasteiger partial charge in [0, 0.05) is 25.0 Å². The highest BCUT2D eigenvalue weighted by atomic mass is 35.5. The van der Waals surface area contributed by atoms with Gasteiger partial charge in [0.2, 0.25) is 5.91 Å². The molecule has 1 aromatic rings. The number of hydrogen-bond donors (Lipinski definition) is 1. The maximum atomic E-state index is 13.4. The van der Waals surface area contributed by atoms with Crippen LogP contribution < -0.4 is 10.1 Å². The van der Waals surface area contributed by atoms with Gasteiger partial charge in [-0.25, -0.2) is 4.39 Å². The lowest BCUT2D eigenvalue weighted by Crippen LogP contribution is -2.43. The quantitative estimate of drug-likeness (QED) is 0.543. The van der Waals surface area contributed by atoms with Gasteiger partial charge in [0.25, 0.3) is 0 Å². The first-order valence-electron chi connectivity index (χ1n) is 11.8. The lowest BCUT2D eigenvalue weighted by Gasteiger charge is -2.35. The molecule has 2 aliphatic carbocycles. The normalized spacial score (nSPS) is 25.8. The van der Waals surface area contributed by atoms with Crippen LogP contribution in [-0.2, 0) is 4.79 Å². The van der Waals surface area contributed by atoms with Crippen molar-refractivity contribution in [2.45, 2.75) is 76.4 Å². The van der Waals surface area contributed by atoms with Crippen molar-refractivity contribution < 1.29 is 13.9 Å². The first kappa shape index (κ1) is 23.1. The second kappa shape index (κ2) is 10.7. The Balaban J connectivity index is 1.12. The fourth-order valence-corrected chi connectivity index (χ4v) is 5.56. The monoisotopic (exact) mass is 470 g/mol. The third kappa shape index (κ3) is 6.27. The first-order valence-corrected chi connectivity index (χ1v) is 12.6. The van der Waals surface area contributed by atoms with Crippen LogP contribution in [-0.4, -0.2) is 42.6 Å². The number of benzene rings is 1. The number of likely N-dealkylation sites (tertiary alicyclic amines) is 1. The Morgan fingerprint density at radius 3 is 2.26 bits per heavy atom. The number of ether oxygens (including phenoxy) is 1. The number of carbonyl (C=O) groups is 1. The van der Waals surface area contributed by atoms with Gasteiger partial charge < -0.3 is 15.0 Å². The molecule has 1 heterocycles. The molecule has 1 aromatic carbocycles. The zero-order valence-corrected chi connectivity index (χ0v) is 19.6. The van der Waals surface area contributed by atoms with E-state index < -0.39 is 5.82 Å². The van der Waals surface area contributed by atoms with Gasteiger partial charge in [0.05, 0.1) is 10.0 Å². The van der Waals surface area contributed by atoms with Gasteiger partial charge in [-0.2, -0.15) is 0 Å². The molecule has 0 unspecified atom stereocenters. The van der Waals surface area contributed by atoms with E-state index in [0.717, 1.165) is 64.1 Å². The molecule has 0 spiro atoms. The largest absolute Gasteiger partial charge is 0.487 e. The van der Waals surface area contributed by atoms with Crippen molar-refractivity contribution in [2.75, 3.05) is 19.6 Å². The Kier molecular flexibility index (Phi) is 8.00. The SMILES string of the molecule is O=C(N[C@H]1CC[C@H](CCN2CCC(Oc3c(Cl)cc(F)cc3Cl)CC2)CC1)C1CCC1. The number of carbonyl (C=O) groups excluding carboxylic acids is 1. The van der Waals surface area contributed by atoms with Gasteiger partial charge in [-0.05, 0) is 82.4 Å². The van der Waals surface area contributed by atoms with Gasteiger partial charge in [0.15, 0.2) is 5.75 Å². The number of rotatable bonds is 7. The minimum Gasteiger partial charge on any atom is -0.487 e. The lowest BCUT2D eigenvalue weighted by atomic mass is 9.82. The summed E-state index contributed by atoms with van der Waals surface area (Å²) in [6.45, 7) is 3.11. The lowest BCUT2D eigenvalue weighted by molar-refractivity contribution is -0.128. The van der Waals surface area contributed by atoms with Crippen LogP contribution in [0.4, 0.5) is 4.39 Å². The van der Waals surface area contributed by atoms with Crippen LogP contribution in [0.3, 0.4) is 0 Å². The Bertz CT molecular complexity index is 735. The van der Waals surface area contributed by atoms with Crippen LogP contribution in [0.2, 0.25) is 10.0 Å². The Morgan fingerprint density at radius 1 is 1.03 bits per heavy atom. The molecule has 31 heavy (non-hydrogen) atoms. The van der Waals surface area contributed by atoms with Crippen molar-refractivity contribution in [1.82, 2.24) is 10.2 Å². The molecule has 1 saturated heterocycles. The number of hydrogen-bond acceptors (Lipinski definition) is 3.